The number of alkyl halides is 3. The highest BCUT2D eigenvalue weighted by molar-refractivity contribution is 5.36. The Bertz CT molecular complexity index is 363. The Hall–Kier alpha value is -1.23. The van der Waals surface area contributed by atoms with E-state index in [4.69, 9.17) is 10.5 Å². The summed E-state index contributed by atoms with van der Waals surface area (Å²) in [6.45, 7) is 3.62. The van der Waals surface area contributed by atoms with Gasteiger partial charge in [0.05, 0.1) is 12.5 Å². The fourth-order valence-electron chi connectivity index (χ4n) is 1.51. The average molecular weight is 247 g/mol. The van der Waals surface area contributed by atoms with Crippen molar-refractivity contribution in [2.45, 2.75) is 38.6 Å². The van der Waals surface area contributed by atoms with E-state index in [1.807, 2.05) is 13.8 Å². The highest BCUT2D eigenvalue weighted by Crippen LogP contribution is 2.32. The second kappa shape index (κ2) is 5.40. The zero-order chi connectivity index (χ0) is 13.1. The normalized spacial score (nSPS) is 13.8. The number of halogens is 3. The van der Waals surface area contributed by atoms with E-state index in [0.29, 0.717) is 11.3 Å². The van der Waals surface area contributed by atoms with Crippen LogP contribution in [0.25, 0.3) is 0 Å². The van der Waals surface area contributed by atoms with Gasteiger partial charge in [-0.25, -0.2) is 0 Å². The van der Waals surface area contributed by atoms with Crippen LogP contribution in [0.3, 0.4) is 0 Å². The van der Waals surface area contributed by atoms with Crippen molar-refractivity contribution in [3.8, 4) is 5.75 Å². The molecule has 0 heterocycles. The van der Waals surface area contributed by atoms with Crippen LogP contribution in [0, 0.1) is 0 Å². The van der Waals surface area contributed by atoms with Crippen molar-refractivity contribution in [2.24, 2.45) is 5.73 Å². The van der Waals surface area contributed by atoms with Crippen LogP contribution >= 0.6 is 0 Å². The lowest BCUT2D eigenvalue weighted by Crippen LogP contribution is -2.21. The molecule has 0 radical (unpaired) electrons. The largest absolute Gasteiger partial charge is 0.491 e. The van der Waals surface area contributed by atoms with E-state index in [-0.39, 0.29) is 6.10 Å². The third-order valence-corrected chi connectivity index (χ3v) is 2.13. The lowest BCUT2D eigenvalue weighted by molar-refractivity contribution is -0.138. The molecule has 1 aromatic rings. The highest BCUT2D eigenvalue weighted by atomic mass is 19.4. The fraction of sp³-hybridized carbons (Fsp3) is 0.500. The van der Waals surface area contributed by atoms with Crippen molar-refractivity contribution in [1.82, 2.24) is 0 Å². The third-order valence-electron chi connectivity index (χ3n) is 2.13. The second-order valence-electron chi connectivity index (χ2n) is 4.13. The van der Waals surface area contributed by atoms with Crippen LogP contribution in [-0.2, 0) is 0 Å². The van der Waals surface area contributed by atoms with Gasteiger partial charge >= 0.3 is 6.18 Å². The molecule has 0 aliphatic rings. The smallest absolute Gasteiger partial charge is 0.390 e. The van der Waals surface area contributed by atoms with E-state index in [1.165, 1.54) is 0 Å². The third kappa shape index (κ3) is 4.65. The molecular formula is C12H16F3NO. The fourth-order valence-corrected chi connectivity index (χ4v) is 1.51. The molecule has 0 saturated heterocycles. The SMILES string of the molecule is CC(C)Oc1ccccc1[C@@H](N)CC(F)(F)F. The van der Waals surface area contributed by atoms with E-state index in [0.717, 1.165) is 0 Å². The molecule has 0 unspecified atom stereocenters. The van der Waals surface area contributed by atoms with Crippen molar-refractivity contribution in [2.75, 3.05) is 0 Å². The Morgan fingerprint density at radius 1 is 1.24 bits per heavy atom. The number of rotatable bonds is 4. The number of para-hydroxylation sites is 1. The minimum absolute atomic E-state index is 0.103. The molecular weight excluding hydrogens is 231 g/mol. The summed E-state index contributed by atoms with van der Waals surface area (Å²) in [6, 6.07) is 5.46. The monoisotopic (exact) mass is 247 g/mol. The first-order valence-corrected chi connectivity index (χ1v) is 5.37. The first-order chi connectivity index (χ1) is 7.79. The molecule has 17 heavy (non-hydrogen) atoms. The summed E-state index contributed by atoms with van der Waals surface area (Å²) >= 11 is 0. The van der Waals surface area contributed by atoms with Crippen molar-refractivity contribution < 1.29 is 17.9 Å². The lowest BCUT2D eigenvalue weighted by atomic mass is 10.0. The zero-order valence-corrected chi connectivity index (χ0v) is 9.79. The van der Waals surface area contributed by atoms with E-state index >= 15 is 0 Å². The Morgan fingerprint density at radius 3 is 2.35 bits per heavy atom. The summed E-state index contributed by atoms with van der Waals surface area (Å²) in [7, 11) is 0. The van der Waals surface area contributed by atoms with E-state index in [2.05, 4.69) is 0 Å². The van der Waals surface area contributed by atoms with Gasteiger partial charge in [0.15, 0.2) is 0 Å². The molecule has 2 nitrogen and oxygen atoms in total. The first kappa shape index (κ1) is 13.8. The molecule has 1 rings (SSSR count). The standard InChI is InChI=1S/C12H16F3NO/c1-8(2)17-11-6-4-3-5-9(11)10(16)7-12(13,14)15/h3-6,8,10H,7,16H2,1-2H3/t10-/m0/s1. The second-order valence-corrected chi connectivity index (χ2v) is 4.13. The Kier molecular flexibility index (Phi) is 4.40. The topological polar surface area (TPSA) is 35.2 Å². The summed E-state index contributed by atoms with van der Waals surface area (Å²) in [4.78, 5) is 0. The molecule has 0 spiro atoms. The summed E-state index contributed by atoms with van der Waals surface area (Å²) in [5.41, 5.74) is 5.95. The quantitative estimate of drug-likeness (QED) is 0.884. The van der Waals surface area contributed by atoms with Crippen LogP contribution in [0.4, 0.5) is 13.2 Å². The molecule has 2 N–H and O–H groups in total. The molecule has 1 atom stereocenters. The predicted molar refractivity (Wildman–Crippen MR) is 59.8 cm³/mol. The van der Waals surface area contributed by atoms with Gasteiger partial charge in [0.1, 0.15) is 5.75 Å². The van der Waals surface area contributed by atoms with Gasteiger partial charge in [0.2, 0.25) is 0 Å². The van der Waals surface area contributed by atoms with E-state index < -0.39 is 18.6 Å². The van der Waals surface area contributed by atoms with Crippen molar-refractivity contribution in [1.29, 1.82) is 0 Å². The average Bonchev–Trinajstić information content (AvgIpc) is 2.14. The molecule has 0 saturated carbocycles. The van der Waals surface area contributed by atoms with Crippen LogP contribution in [0.5, 0.6) is 5.75 Å². The summed E-state index contributed by atoms with van der Waals surface area (Å²) in [6.07, 6.45) is -5.43. The van der Waals surface area contributed by atoms with Gasteiger partial charge in [-0.1, -0.05) is 18.2 Å². The summed E-state index contributed by atoms with van der Waals surface area (Å²) < 4.78 is 42.2. The van der Waals surface area contributed by atoms with Gasteiger partial charge in [-0.05, 0) is 19.9 Å². The van der Waals surface area contributed by atoms with E-state index in [9.17, 15) is 13.2 Å². The lowest BCUT2D eigenvalue weighted by Gasteiger charge is -2.19. The van der Waals surface area contributed by atoms with Crippen LogP contribution in [-0.4, -0.2) is 12.3 Å². The maximum absolute atomic E-state index is 12.3. The van der Waals surface area contributed by atoms with Crippen LogP contribution < -0.4 is 10.5 Å². The number of benzene rings is 1. The van der Waals surface area contributed by atoms with Crippen molar-refractivity contribution in [3.63, 3.8) is 0 Å². The molecule has 96 valence electrons. The van der Waals surface area contributed by atoms with Gasteiger partial charge in [0.25, 0.3) is 0 Å². The Morgan fingerprint density at radius 2 is 1.82 bits per heavy atom. The minimum Gasteiger partial charge on any atom is -0.491 e. The molecule has 0 amide bonds. The first-order valence-electron chi connectivity index (χ1n) is 5.37. The molecule has 0 bridgehead atoms. The number of hydrogen-bond acceptors (Lipinski definition) is 2. The van der Waals surface area contributed by atoms with E-state index in [1.54, 1.807) is 24.3 Å². The number of nitrogens with two attached hydrogens (primary N) is 1. The van der Waals surface area contributed by atoms with Crippen LogP contribution in [0.15, 0.2) is 24.3 Å². The predicted octanol–water partition coefficient (Wildman–Crippen LogP) is 3.43. The molecule has 0 aliphatic heterocycles. The van der Waals surface area contributed by atoms with Crippen molar-refractivity contribution >= 4 is 0 Å². The van der Waals surface area contributed by atoms with Crippen LogP contribution in [0.2, 0.25) is 0 Å². The number of hydrogen-bond donors (Lipinski definition) is 1. The summed E-state index contributed by atoms with van der Waals surface area (Å²) in [5, 5.41) is 0. The molecule has 0 aromatic heterocycles. The van der Waals surface area contributed by atoms with Gasteiger partial charge in [-0.15, -0.1) is 0 Å². The van der Waals surface area contributed by atoms with Gasteiger partial charge in [0, 0.05) is 11.6 Å². The van der Waals surface area contributed by atoms with Crippen molar-refractivity contribution in [3.05, 3.63) is 29.8 Å². The maximum Gasteiger partial charge on any atom is 0.390 e. The highest BCUT2D eigenvalue weighted by Gasteiger charge is 2.31. The summed E-state index contributed by atoms with van der Waals surface area (Å²) in [5.74, 6) is 0.416. The van der Waals surface area contributed by atoms with Gasteiger partial charge < -0.3 is 10.5 Å². The van der Waals surface area contributed by atoms with Gasteiger partial charge in [-0.3, -0.25) is 0 Å². The molecule has 1 aromatic carbocycles. The van der Waals surface area contributed by atoms with Gasteiger partial charge in [-0.2, -0.15) is 13.2 Å². The zero-order valence-electron chi connectivity index (χ0n) is 9.79. The molecule has 0 fully saturated rings. The minimum atomic E-state index is -4.27. The molecule has 5 heteroatoms. The Labute approximate surface area is 98.6 Å². The maximum atomic E-state index is 12.3. The van der Waals surface area contributed by atoms with Crippen LogP contribution in [0.1, 0.15) is 31.9 Å². The Balaban J connectivity index is 2.88. The molecule has 0 aliphatic carbocycles. The number of ether oxygens (including phenoxy) is 1.